The van der Waals surface area contributed by atoms with Crippen LogP contribution in [-0.2, 0) is 0 Å². The average molecular weight is 352 g/mol. The number of aromatic nitrogens is 2. The molecule has 0 N–H and O–H groups in total. The van der Waals surface area contributed by atoms with Crippen LogP contribution in [0, 0.1) is 0 Å². The molecule has 0 aliphatic rings. The second-order valence-corrected chi connectivity index (χ2v) is 6.36. The number of pyridine rings is 2. The van der Waals surface area contributed by atoms with Crippen LogP contribution >= 0.6 is 39.3 Å². The van der Waals surface area contributed by atoms with Crippen LogP contribution in [0.5, 0.6) is 0 Å². The smallest absolute Gasteiger partial charge is 0.103 e. The summed E-state index contributed by atoms with van der Waals surface area (Å²) in [5.41, 5.74) is 1.78. The molecule has 2 nitrogen and oxygen atoms in total. The molecule has 0 saturated carbocycles. The molecule has 3 rings (SSSR count). The molecule has 0 unspecified atom stereocenters. The van der Waals surface area contributed by atoms with Crippen LogP contribution < -0.4 is 0 Å². The standard InChI is InChI=1S/C14H8BrClN2S/c15-9-6-12-14(18-8-9)13(4-5-17-12)19-11-3-1-2-10(16)7-11/h1-8H. The molecule has 0 aliphatic carbocycles. The van der Waals surface area contributed by atoms with Gasteiger partial charge in [0.1, 0.15) is 5.52 Å². The summed E-state index contributed by atoms with van der Waals surface area (Å²) in [4.78, 5) is 10.9. The van der Waals surface area contributed by atoms with Gasteiger partial charge in [-0.25, -0.2) is 0 Å². The zero-order valence-corrected chi connectivity index (χ0v) is 12.8. The molecule has 0 fully saturated rings. The molecule has 19 heavy (non-hydrogen) atoms. The van der Waals surface area contributed by atoms with Gasteiger partial charge in [-0.05, 0) is 46.3 Å². The number of nitrogens with zero attached hydrogens (tertiary/aromatic N) is 2. The molecule has 2 aromatic heterocycles. The van der Waals surface area contributed by atoms with Crippen LogP contribution in [0.4, 0.5) is 0 Å². The maximum atomic E-state index is 6.00. The molecule has 5 heteroatoms. The largest absolute Gasteiger partial charge is 0.254 e. The Kier molecular flexibility index (Phi) is 3.73. The lowest BCUT2D eigenvalue weighted by atomic mass is 10.3. The van der Waals surface area contributed by atoms with E-state index < -0.39 is 0 Å². The highest BCUT2D eigenvalue weighted by molar-refractivity contribution is 9.10. The van der Waals surface area contributed by atoms with Gasteiger partial charge in [0.15, 0.2) is 0 Å². The van der Waals surface area contributed by atoms with E-state index in [2.05, 4.69) is 25.9 Å². The average Bonchev–Trinajstić information content (AvgIpc) is 2.38. The highest BCUT2D eigenvalue weighted by Gasteiger charge is 2.06. The normalized spacial score (nSPS) is 10.8. The third-order valence-corrected chi connectivity index (χ3v) is 4.24. The van der Waals surface area contributed by atoms with E-state index >= 15 is 0 Å². The Morgan fingerprint density at radius 3 is 2.84 bits per heavy atom. The first-order chi connectivity index (χ1) is 9.22. The minimum atomic E-state index is 0.735. The van der Waals surface area contributed by atoms with Gasteiger partial charge in [0, 0.05) is 31.7 Å². The summed E-state index contributed by atoms with van der Waals surface area (Å²) in [6.45, 7) is 0. The van der Waals surface area contributed by atoms with Gasteiger partial charge in [-0.15, -0.1) is 0 Å². The maximum Gasteiger partial charge on any atom is 0.103 e. The van der Waals surface area contributed by atoms with E-state index in [1.807, 2.05) is 36.4 Å². The van der Waals surface area contributed by atoms with E-state index in [0.29, 0.717) is 0 Å². The lowest BCUT2D eigenvalue weighted by Gasteiger charge is -2.05. The highest BCUT2D eigenvalue weighted by atomic mass is 79.9. The van der Waals surface area contributed by atoms with Gasteiger partial charge in [-0.2, -0.15) is 0 Å². The summed E-state index contributed by atoms with van der Waals surface area (Å²) < 4.78 is 0.928. The predicted molar refractivity (Wildman–Crippen MR) is 82.8 cm³/mol. The van der Waals surface area contributed by atoms with Crippen LogP contribution in [0.3, 0.4) is 0 Å². The van der Waals surface area contributed by atoms with E-state index in [4.69, 9.17) is 11.6 Å². The predicted octanol–water partition coefficient (Wildman–Crippen LogP) is 5.20. The Hall–Kier alpha value is -1.10. The number of hydrogen-bond donors (Lipinski definition) is 0. The van der Waals surface area contributed by atoms with E-state index in [1.54, 1.807) is 24.2 Å². The minimum absolute atomic E-state index is 0.735. The molecular weight excluding hydrogens is 344 g/mol. The van der Waals surface area contributed by atoms with Crippen LogP contribution in [-0.4, -0.2) is 9.97 Å². The number of halogens is 2. The lowest BCUT2D eigenvalue weighted by molar-refractivity contribution is 1.26. The lowest BCUT2D eigenvalue weighted by Crippen LogP contribution is -1.86. The minimum Gasteiger partial charge on any atom is -0.254 e. The zero-order chi connectivity index (χ0) is 13.2. The highest BCUT2D eigenvalue weighted by Crippen LogP contribution is 2.33. The first-order valence-electron chi connectivity index (χ1n) is 5.56. The van der Waals surface area contributed by atoms with Gasteiger partial charge < -0.3 is 0 Å². The zero-order valence-electron chi connectivity index (χ0n) is 9.68. The number of benzene rings is 1. The molecule has 0 spiro atoms. The third-order valence-electron chi connectivity index (χ3n) is 2.53. The van der Waals surface area contributed by atoms with Crippen LogP contribution in [0.15, 0.2) is 63.1 Å². The van der Waals surface area contributed by atoms with Crippen molar-refractivity contribution in [2.45, 2.75) is 9.79 Å². The maximum absolute atomic E-state index is 6.00. The Morgan fingerprint density at radius 1 is 1.11 bits per heavy atom. The Labute approximate surface area is 128 Å². The monoisotopic (exact) mass is 350 g/mol. The van der Waals surface area contributed by atoms with E-state index in [-0.39, 0.29) is 0 Å². The van der Waals surface area contributed by atoms with E-state index in [1.165, 1.54) is 0 Å². The van der Waals surface area contributed by atoms with Crippen molar-refractivity contribution >= 4 is 50.3 Å². The molecule has 0 amide bonds. The van der Waals surface area contributed by atoms with Gasteiger partial charge >= 0.3 is 0 Å². The Balaban J connectivity index is 2.06. The Morgan fingerprint density at radius 2 is 2.00 bits per heavy atom. The summed E-state index contributed by atoms with van der Waals surface area (Å²) in [7, 11) is 0. The second-order valence-electron chi connectivity index (χ2n) is 3.89. The van der Waals surface area contributed by atoms with Gasteiger partial charge in [0.25, 0.3) is 0 Å². The molecule has 0 atom stereocenters. The van der Waals surface area contributed by atoms with Crippen molar-refractivity contribution in [2.24, 2.45) is 0 Å². The van der Waals surface area contributed by atoms with Crippen molar-refractivity contribution in [3.63, 3.8) is 0 Å². The molecule has 0 bridgehead atoms. The van der Waals surface area contributed by atoms with Gasteiger partial charge in [0.2, 0.25) is 0 Å². The van der Waals surface area contributed by atoms with Crippen LogP contribution in [0.2, 0.25) is 5.02 Å². The van der Waals surface area contributed by atoms with Crippen molar-refractivity contribution in [1.29, 1.82) is 0 Å². The molecule has 1 aromatic carbocycles. The SMILES string of the molecule is Clc1cccc(Sc2ccnc3cc(Br)cnc23)c1. The fraction of sp³-hybridized carbons (Fsp3) is 0. The second kappa shape index (κ2) is 5.49. The van der Waals surface area contributed by atoms with Gasteiger partial charge in [0.05, 0.1) is 5.52 Å². The molecule has 0 radical (unpaired) electrons. The van der Waals surface area contributed by atoms with Gasteiger partial charge in [-0.1, -0.05) is 29.4 Å². The van der Waals surface area contributed by atoms with Crippen LogP contribution in [0.1, 0.15) is 0 Å². The van der Waals surface area contributed by atoms with Crippen molar-refractivity contribution in [2.75, 3.05) is 0 Å². The topological polar surface area (TPSA) is 25.8 Å². The van der Waals surface area contributed by atoms with Crippen LogP contribution in [0.25, 0.3) is 11.0 Å². The quantitative estimate of drug-likeness (QED) is 0.635. The van der Waals surface area contributed by atoms with Gasteiger partial charge in [-0.3, -0.25) is 9.97 Å². The first kappa shape index (κ1) is 12.9. The summed E-state index contributed by atoms with van der Waals surface area (Å²) in [6, 6.07) is 11.7. The summed E-state index contributed by atoms with van der Waals surface area (Å²) in [5, 5.41) is 0.735. The number of fused-ring (bicyclic) bond motifs is 1. The number of rotatable bonds is 2. The fourth-order valence-electron chi connectivity index (χ4n) is 1.72. The van der Waals surface area contributed by atoms with E-state index in [0.717, 1.165) is 30.3 Å². The molecule has 94 valence electrons. The first-order valence-corrected chi connectivity index (χ1v) is 7.55. The molecule has 0 aliphatic heterocycles. The van der Waals surface area contributed by atoms with Crippen molar-refractivity contribution in [1.82, 2.24) is 9.97 Å². The molecular formula is C14H8BrClN2S. The van der Waals surface area contributed by atoms with Crippen molar-refractivity contribution in [3.05, 3.63) is 58.3 Å². The van der Waals surface area contributed by atoms with E-state index in [9.17, 15) is 0 Å². The van der Waals surface area contributed by atoms with Crippen molar-refractivity contribution in [3.8, 4) is 0 Å². The third kappa shape index (κ3) is 2.91. The Bertz CT molecular complexity index is 748. The number of hydrogen-bond acceptors (Lipinski definition) is 3. The molecule has 3 aromatic rings. The van der Waals surface area contributed by atoms with Crippen molar-refractivity contribution < 1.29 is 0 Å². The summed E-state index contributed by atoms with van der Waals surface area (Å²) in [5.74, 6) is 0. The summed E-state index contributed by atoms with van der Waals surface area (Å²) >= 11 is 11.0. The fourth-order valence-corrected chi connectivity index (χ4v) is 3.26. The molecule has 2 heterocycles. The molecule has 0 saturated heterocycles. The summed E-state index contributed by atoms with van der Waals surface area (Å²) in [6.07, 6.45) is 3.58.